The first-order chi connectivity index (χ1) is 8.69. The number of aromatic hydroxyl groups is 1. The quantitative estimate of drug-likeness (QED) is 0.503. The summed E-state index contributed by atoms with van der Waals surface area (Å²) in [6, 6.07) is 5.30. The lowest BCUT2D eigenvalue weighted by Gasteiger charge is -2.14. The van der Waals surface area contributed by atoms with Gasteiger partial charge in [-0.25, -0.2) is 0 Å². The van der Waals surface area contributed by atoms with Gasteiger partial charge in [-0.05, 0) is 43.5 Å². The maximum absolute atomic E-state index is 10.1. The van der Waals surface area contributed by atoms with Gasteiger partial charge in [0.2, 0.25) is 0 Å². The fourth-order valence-corrected chi connectivity index (χ4v) is 2.17. The maximum atomic E-state index is 10.1. The third-order valence-electron chi connectivity index (χ3n) is 3.02. The van der Waals surface area contributed by atoms with Crippen LogP contribution in [0.4, 0.5) is 0 Å². The van der Waals surface area contributed by atoms with Gasteiger partial charge in [0, 0.05) is 11.4 Å². The molecule has 4 heteroatoms. The Labute approximate surface area is 114 Å². The molecule has 0 aliphatic heterocycles. The topological polar surface area (TPSA) is 66.5 Å². The number of phenolic OH excluding ortho intramolecular Hbond substituents is 1. The Morgan fingerprint density at radius 3 is 2.67 bits per heavy atom. The van der Waals surface area contributed by atoms with E-state index in [9.17, 15) is 10.2 Å². The Hall–Kier alpha value is -0.770. The van der Waals surface area contributed by atoms with E-state index in [2.05, 4.69) is 0 Å². The molecule has 102 valence electrons. The number of benzene rings is 1. The number of aryl methyl sites for hydroxylation is 1. The second kappa shape index (κ2) is 8.35. The molecular weight excluding hydrogens is 250 g/mol. The Morgan fingerprint density at radius 1 is 1.22 bits per heavy atom. The van der Waals surface area contributed by atoms with Crippen molar-refractivity contribution in [2.75, 3.05) is 12.4 Å². The highest BCUT2D eigenvalue weighted by Crippen LogP contribution is 2.29. The Bertz CT molecular complexity index is 358. The van der Waals surface area contributed by atoms with Crippen LogP contribution in [0.2, 0.25) is 0 Å². The van der Waals surface area contributed by atoms with E-state index in [1.165, 1.54) is 0 Å². The van der Waals surface area contributed by atoms with Crippen LogP contribution in [0.15, 0.2) is 18.2 Å². The monoisotopic (exact) mass is 271 g/mol. The number of alkyl halides is 1. The molecule has 1 atom stereocenters. The SMILES string of the molecule is NCCCCCC(O)c1cc(CCCl)ccc1O. The largest absolute Gasteiger partial charge is 0.508 e. The molecule has 0 aliphatic rings. The van der Waals surface area contributed by atoms with Crippen molar-refractivity contribution in [2.24, 2.45) is 5.73 Å². The van der Waals surface area contributed by atoms with E-state index < -0.39 is 6.10 Å². The number of rotatable bonds is 8. The van der Waals surface area contributed by atoms with E-state index in [-0.39, 0.29) is 5.75 Å². The van der Waals surface area contributed by atoms with Crippen LogP contribution in [0, 0.1) is 0 Å². The molecule has 0 saturated carbocycles. The highest BCUT2D eigenvalue weighted by molar-refractivity contribution is 6.17. The lowest BCUT2D eigenvalue weighted by Crippen LogP contribution is -2.01. The van der Waals surface area contributed by atoms with Crippen LogP contribution >= 0.6 is 11.6 Å². The third-order valence-corrected chi connectivity index (χ3v) is 3.20. The average Bonchev–Trinajstić information content (AvgIpc) is 2.37. The zero-order chi connectivity index (χ0) is 13.4. The van der Waals surface area contributed by atoms with Gasteiger partial charge < -0.3 is 15.9 Å². The summed E-state index contributed by atoms with van der Waals surface area (Å²) < 4.78 is 0. The van der Waals surface area contributed by atoms with Gasteiger partial charge in [0.05, 0.1) is 6.10 Å². The molecule has 1 unspecified atom stereocenters. The second-order valence-corrected chi connectivity index (χ2v) is 4.86. The number of aliphatic hydroxyl groups is 1. The first-order valence-electron chi connectivity index (χ1n) is 6.45. The summed E-state index contributed by atoms with van der Waals surface area (Å²) in [5, 5.41) is 19.8. The highest BCUT2D eigenvalue weighted by Gasteiger charge is 2.12. The lowest BCUT2D eigenvalue weighted by atomic mass is 9.99. The molecule has 4 N–H and O–H groups in total. The molecule has 18 heavy (non-hydrogen) atoms. The molecule has 3 nitrogen and oxygen atoms in total. The van der Waals surface area contributed by atoms with Gasteiger partial charge in [0.1, 0.15) is 5.75 Å². The Kier molecular flexibility index (Phi) is 7.09. The summed E-state index contributed by atoms with van der Waals surface area (Å²) in [5.41, 5.74) is 7.06. The normalized spacial score (nSPS) is 12.6. The predicted molar refractivity (Wildman–Crippen MR) is 75.0 cm³/mol. The van der Waals surface area contributed by atoms with Crippen molar-refractivity contribution < 1.29 is 10.2 Å². The van der Waals surface area contributed by atoms with Crippen molar-refractivity contribution in [2.45, 2.75) is 38.2 Å². The van der Waals surface area contributed by atoms with Gasteiger partial charge in [-0.3, -0.25) is 0 Å². The number of hydrogen-bond acceptors (Lipinski definition) is 3. The van der Waals surface area contributed by atoms with Gasteiger partial charge in [0.25, 0.3) is 0 Å². The van der Waals surface area contributed by atoms with Crippen LogP contribution in [0.5, 0.6) is 5.75 Å². The minimum atomic E-state index is -0.613. The van der Waals surface area contributed by atoms with Crippen molar-refractivity contribution in [3.63, 3.8) is 0 Å². The molecule has 1 aromatic carbocycles. The van der Waals surface area contributed by atoms with E-state index in [1.54, 1.807) is 6.07 Å². The van der Waals surface area contributed by atoms with E-state index in [4.69, 9.17) is 17.3 Å². The number of halogens is 1. The lowest BCUT2D eigenvalue weighted by molar-refractivity contribution is 0.160. The first kappa shape index (κ1) is 15.3. The molecule has 0 heterocycles. The summed E-state index contributed by atoms with van der Waals surface area (Å²) >= 11 is 5.69. The van der Waals surface area contributed by atoms with Crippen molar-refractivity contribution in [3.8, 4) is 5.75 Å². The van der Waals surface area contributed by atoms with E-state index in [0.717, 1.165) is 31.2 Å². The molecule has 1 aromatic rings. The molecule has 0 aliphatic carbocycles. The van der Waals surface area contributed by atoms with Crippen molar-refractivity contribution in [1.82, 2.24) is 0 Å². The van der Waals surface area contributed by atoms with E-state index in [0.29, 0.717) is 24.4 Å². The molecule has 0 radical (unpaired) electrons. The van der Waals surface area contributed by atoms with Crippen LogP contribution in [0.1, 0.15) is 42.9 Å². The summed E-state index contributed by atoms with van der Waals surface area (Å²) in [5.74, 6) is 0.691. The van der Waals surface area contributed by atoms with Crippen molar-refractivity contribution in [1.29, 1.82) is 0 Å². The number of nitrogens with two attached hydrogens (primary N) is 1. The van der Waals surface area contributed by atoms with E-state index >= 15 is 0 Å². The minimum Gasteiger partial charge on any atom is -0.508 e. The fraction of sp³-hybridized carbons (Fsp3) is 0.571. The smallest absolute Gasteiger partial charge is 0.121 e. The number of phenols is 1. The summed E-state index contributed by atoms with van der Waals surface area (Å²) in [6.07, 6.45) is 3.68. The standard InChI is InChI=1S/C14H22ClNO2/c15-8-7-11-5-6-14(18)12(10-11)13(17)4-2-1-3-9-16/h5-6,10,13,17-18H,1-4,7-9,16H2. The van der Waals surface area contributed by atoms with Crippen LogP contribution in [0.25, 0.3) is 0 Å². The van der Waals surface area contributed by atoms with Crippen molar-refractivity contribution >= 4 is 11.6 Å². The van der Waals surface area contributed by atoms with Crippen LogP contribution in [-0.4, -0.2) is 22.6 Å². The molecular formula is C14H22ClNO2. The van der Waals surface area contributed by atoms with Crippen LogP contribution in [-0.2, 0) is 6.42 Å². The van der Waals surface area contributed by atoms with Crippen LogP contribution < -0.4 is 5.73 Å². The zero-order valence-corrected chi connectivity index (χ0v) is 11.4. The van der Waals surface area contributed by atoms with Crippen molar-refractivity contribution in [3.05, 3.63) is 29.3 Å². The Morgan fingerprint density at radius 2 is 2.00 bits per heavy atom. The fourth-order valence-electron chi connectivity index (χ4n) is 1.95. The summed E-state index contributed by atoms with van der Waals surface area (Å²) in [7, 11) is 0. The summed E-state index contributed by atoms with van der Waals surface area (Å²) in [4.78, 5) is 0. The second-order valence-electron chi connectivity index (χ2n) is 4.49. The summed E-state index contributed by atoms with van der Waals surface area (Å²) in [6.45, 7) is 0.687. The number of unbranched alkanes of at least 4 members (excludes halogenated alkanes) is 2. The van der Waals surface area contributed by atoms with Gasteiger partial charge in [-0.15, -0.1) is 11.6 Å². The third kappa shape index (κ3) is 4.84. The highest BCUT2D eigenvalue weighted by atomic mass is 35.5. The van der Waals surface area contributed by atoms with E-state index in [1.807, 2.05) is 12.1 Å². The van der Waals surface area contributed by atoms with Gasteiger partial charge in [-0.2, -0.15) is 0 Å². The molecule has 0 bridgehead atoms. The zero-order valence-electron chi connectivity index (χ0n) is 10.6. The van der Waals surface area contributed by atoms with Gasteiger partial charge >= 0.3 is 0 Å². The average molecular weight is 272 g/mol. The van der Waals surface area contributed by atoms with Crippen LogP contribution in [0.3, 0.4) is 0 Å². The molecule has 0 fully saturated rings. The molecule has 0 spiro atoms. The predicted octanol–water partition coefficient (Wildman–Crippen LogP) is 2.73. The molecule has 1 rings (SSSR count). The number of aliphatic hydroxyl groups excluding tert-OH is 1. The maximum Gasteiger partial charge on any atom is 0.121 e. The first-order valence-corrected chi connectivity index (χ1v) is 6.98. The van der Waals surface area contributed by atoms with Gasteiger partial charge in [0.15, 0.2) is 0 Å². The number of hydrogen-bond donors (Lipinski definition) is 3. The Balaban J connectivity index is 2.59. The van der Waals surface area contributed by atoms with Gasteiger partial charge in [-0.1, -0.05) is 18.9 Å². The minimum absolute atomic E-state index is 0.152. The molecule has 0 aromatic heterocycles. The molecule has 0 amide bonds. The molecule has 0 saturated heterocycles.